The van der Waals surface area contributed by atoms with E-state index in [1.54, 1.807) is 38.8 Å². The number of fused-ring (bicyclic) bond motifs is 1. The van der Waals surface area contributed by atoms with Gasteiger partial charge in [0.1, 0.15) is 11.6 Å². The molecule has 0 aliphatic heterocycles. The number of nitrogens with one attached hydrogen (secondary N) is 1. The predicted molar refractivity (Wildman–Crippen MR) is 111 cm³/mol. The molecule has 148 valence electrons. The number of anilines is 2. The molecule has 1 aliphatic rings. The van der Waals surface area contributed by atoms with Gasteiger partial charge in [-0.05, 0) is 42.5 Å². The SMILES string of the molecule is Cc1ccncc1-c1cc2cc(NC(=O)C3CC3C(=O)N(C)C)ncc2c(N)n1. The van der Waals surface area contributed by atoms with Gasteiger partial charge in [0.2, 0.25) is 11.8 Å². The van der Waals surface area contributed by atoms with E-state index in [1.807, 2.05) is 19.1 Å². The van der Waals surface area contributed by atoms with Crippen LogP contribution < -0.4 is 11.1 Å². The lowest BCUT2D eigenvalue weighted by Crippen LogP contribution is -2.26. The van der Waals surface area contributed by atoms with Crippen molar-refractivity contribution in [2.45, 2.75) is 13.3 Å². The van der Waals surface area contributed by atoms with E-state index < -0.39 is 0 Å². The van der Waals surface area contributed by atoms with Crippen LogP contribution in [0.3, 0.4) is 0 Å². The summed E-state index contributed by atoms with van der Waals surface area (Å²) in [5.41, 5.74) is 8.78. The van der Waals surface area contributed by atoms with Crippen molar-refractivity contribution in [1.29, 1.82) is 0 Å². The monoisotopic (exact) mass is 390 g/mol. The zero-order chi connectivity index (χ0) is 20.7. The van der Waals surface area contributed by atoms with E-state index in [0.717, 1.165) is 16.5 Å². The molecule has 8 nitrogen and oxygen atoms in total. The van der Waals surface area contributed by atoms with Crippen LogP contribution in [0.25, 0.3) is 22.0 Å². The van der Waals surface area contributed by atoms with Gasteiger partial charge in [0, 0.05) is 43.6 Å². The van der Waals surface area contributed by atoms with Gasteiger partial charge in [0.25, 0.3) is 0 Å². The fourth-order valence-electron chi connectivity index (χ4n) is 3.42. The molecule has 1 aliphatic carbocycles. The highest BCUT2D eigenvalue weighted by atomic mass is 16.2. The van der Waals surface area contributed by atoms with E-state index in [-0.39, 0.29) is 23.7 Å². The summed E-state index contributed by atoms with van der Waals surface area (Å²) in [7, 11) is 3.39. The standard InChI is InChI=1S/C21H22N6O2/c1-11-4-5-23-9-15(11)17-6-12-7-18(24-10-16(12)19(22)25-17)26-20(28)13-8-14(13)21(29)27(2)3/h4-7,9-10,13-14H,8H2,1-3H3,(H2,22,25)(H,24,26,28). The first kappa shape index (κ1) is 18.8. The maximum absolute atomic E-state index is 12.5. The Kier molecular flexibility index (Phi) is 4.62. The van der Waals surface area contributed by atoms with Crippen LogP contribution >= 0.6 is 0 Å². The van der Waals surface area contributed by atoms with Crippen LogP contribution in [0, 0.1) is 18.8 Å². The summed E-state index contributed by atoms with van der Waals surface area (Å²) in [5.74, 6) is 0.0215. The average Bonchev–Trinajstić information content (AvgIpc) is 3.48. The number of amides is 2. The molecule has 0 radical (unpaired) electrons. The van der Waals surface area contributed by atoms with Crippen molar-refractivity contribution < 1.29 is 9.59 Å². The maximum Gasteiger partial charge on any atom is 0.229 e. The summed E-state index contributed by atoms with van der Waals surface area (Å²) < 4.78 is 0. The quantitative estimate of drug-likeness (QED) is 0.706. The zero-order valence-electron chi connectivity index (χ0n) is 16.5. The number of carbonyl (C=O) groups excluding carboxylic acids is 2. The van der Waals surface area contributed by atoms with E-state index in [2.05, 4.69) is 20.3 Å². The van der Waals surface area contributed by atoms with Crippen molar-refractivity contribution in [2.75, 3.05) is 25.1 Å². The summed E-state index contributed by atoms with van der Waals surface area (Å²) in [6.45, 7) is 1.98. The number of pyridine rings is 3. The molecule has 0 aromatic carbocycles. The number of nitrogen functional groups attached to an aromatic ring is 1. The second-order valence-corrected chi connectivity index (χ2v) is 7.54. The molecule has 0 spiro atoms. The first-order chi connectivity index (χ1) is 13.8. The molecule has 29 heavy (non-hydrogen) atoms. The number of hydrogen-bond acceptors (Lipinski definition) is 6. The Hall–Kier alpha value is -3.55. The minimum Gasteiger partial charge on any atom is -0.383 e. The van der Waals surface area contributed by atoms with Gasteiger partial charge in [-0.15, -0.1) is 0 Å². The Morgan fingerprint density at radius 2 is 2.00 bits per heavy atom. The van der Waals surface area contributed by atoms with Gasteiger partial charge in [0.05, 0.1) is 17.5 Å². The Morgan fingerprint density at radius 3 is 2.72 bits per heavy atom. The molecule has 2 atom stereocenters. The number of aromatic nitrogens is 3. The lowest BCUT2D eigenvalue weighted by Gasteiger charge is -2.11. The number of nitrogens with zero attached hydrogens (tertiary/aromatic N) is 4. The molecule has 2 amide bonds. The maximum atomic E-state index is 12.5. The Morgan fingerprint density at radius 1 is 1.21 bits per heavy atom. The largest absolute Gasteiger partial charge is 0.383 e. The Labute approximate surface area is 168 Å². The minimum absolute atomic E-state index is 0.0213. The third kappa shape index (κ3) is 3.61. The highest BCUT2D eigenvalue weighted by Gasteiger charge is 2.48. The topological polar surface area (TPSA) is 114 Å². The molecular weight excluding hydrogens is 368 g/mol. The second kappa shape index (κ2) is 7.12. The molecule has 3 N–H and O–H groups in total. The lowest BCUT2D eigenvalue weighted by atomic mass is 10.1. The van der Waals surface area contributed by atoms with Crippen molar-refractivity contribution in [3.05, 3.63) is 42.4 Å². The molecule has 1 saturated carbocycles. The van der Waals surface area contributed by atoms with Gasteiger partial charge in [-0.3, -0.25) is 14.6 Å². The summed E-state index contributed by atoms with van der Waals surface area (Å²) in [6.07, 6.45) is 5.65. The smallest absolute Gasteiger partial charge is 0.229 e. The fourth-order valence-corrected chi connectivity index (χ4v) is 3.42. The zero-order valence-corrected chi connectivity index (χ0v) is 16.5. The number of hydrogen-bond donors (Lipinski definition) is 2. The molecule has 2 unspecified atom stereocenters. The van der Waals surface area contributed by atoms with Crippen molar-refractivity contribution >= 4 is 34.2 Å². The van der Waals surface area contributed by atoms with Gasteiger partial charge in [0.15, 0.2) is 0 Å². The molecule has 8 heteroatoms. The van der Waals surface area contributed by atoms with E-state index in [1.165, 1.54) is 4.90 Å². The van der Waals surface area contributed by atoms with Crippen LogP contribution in [0.4, 0.5) is 11.6 Å². The highest BCUT2D eigenvalue weighted by molar-refractivity contribution is 6.01. The molecule has 3 aromatic heterocycles. The van der Waals surface area contributed by atoms with E-state index in [0.29, 0.717) is 29.1 Å². The van der Waals surface area contributed by atoms with Gasteiger partial charge in [-0.25, -0.2) is 9.97 Å². The molecule has 3 aromatic rings. The third-order valence-electron chi connectivity index (χ3n) is 5.20. The number of carbonyl (C=O) groups is 2. The highest BCUT2D eigenvalue weighted by Crippen LogP contribution is 2.40. The first-order valence-corrected chi connectivity index (χ1v) is 9.34. The first-order valence-electron chi connectivity index (χ1n) is 9.34. The van der Waals surface area contributed by atoms with Crippen LogP contribution in [0.15, 0.2) is 36.8 Å². The van der Waals surface area contributed by atoms with Gasteiger partial charge in [-0.2, -0.15) is 0 Å². The lowest BCUT2D eigenvalue weighted by molar-refractivity contribution is -0.131. The van der Waals surface area contributed by atoms with Crippen molar-refractivity contribution in [3.63, 3.8) is 0 Å². The van der Waals surface area contributed by atoms with Crippen LogP contribution in [-0.4, -0.2) is 45.8 Å². The van der Waals surface area contributed by atoms with E-state index >= 15 is 0 Å². The Balaban J connectivity index is 1.60. The van der Waals surface area contributed by atoms with Crippen LogP contribution in [-0.2, 0) is 9.59 Å². The van der Waals surface area contributed by atoms with Crippen molar-refractivity contribution in [2.24, 2.45) is 11.8 Å². The Bertz CT molecular complexity index is 1130. The van der Waals surface area contributed by atoms with Gasteiger partial charge < -0.3 is 16.0 Å². The third-order valence-corrected chi connectivity index (χ3v) is 5.20. The predicted octanol–water partition coefficient (Wildman–Crippen LogP) is 2.25. The molecule has 0 bridgehead atoms. The van der Waals surface area contributed by atoms with E-state index in [9.17, 15) is 9.59 Å². The van der Waals surface area contributed by atoms with E-state index in [4.69, 9.17) is 5.73 Å². The van der Waals surface area contributed by atoms with Gasteiger partial charge in [-0.1, -0.05) is 0 Å². The second-order valence-electron chi connectivity index (χ2n) is 7.54. The summed E-state index contributed by atoms with van der Waals surface area (Å²) in [5, 5.41) is 4.34. The minimum atomic E-state index is -0.307. The van der Waals surface area contributed by atoms with Crippen LogP contribution in [0.1, 0.15) is 12.0 Å². The molecule has 1 fully saturated rings. The summed E-state index contributed by atoms with van der Waals surface area (Å²) in [4.78, 5) is 38.9. The molecule has 3 heterocycles. The molecular formula is C21H22N6O2. The molecule has 0 saturated heterocycles. The fraction of sp³-hybridized carbons (Fsp3) is 0.286. The average molecular weight is 390 g/mol. The number of nitrogens with two attached hydrogens (primary N) is 1. The normalized spacial score (nSPS) is 17.8. The van der Waals surface area contributed by atoms with Crippen molar-refractivity contribution in [3.8, 4) is 11.3 Å². The summed E-state index contributed by atoms with van der Waals surface area (Å²) >= 11 is 0. The van der Waals surface area contributed by atoms with Crippen molar-refractivity contribution in [1.82, 2.24) is 19.9 Å². The number of rotatable bonds is 4. The summed E-state index contributed by atoms with van der Waals surface area (Å²) in [6, 6.07) is 5.59. The van der Waals surface area contributed by atoms with Crippen LogP contribution in [0.2, 0.25) is 0 Å². The molecule has 4 rings (SSSR count). The number of aryl methyl sites for hydroxylation is 1. The van der Waals surface area contributed by atoms with Crippen LogP contribution in [0.5, 0.6) is 0 Å². The van der Waals surface area contributed by atoms with Gasteiger partial charge >= 0.3 is 0 Å².